The molecule has 1 amide bonds. The molecule has 2 fully saturated rings. The van der Waals surface area contributed by atoms with Gasteiger partial charge in [-0.3, -0.25) is 9.69 Å². The van der Waals surface area contributed by atoms with Crippen LogP contribution in [0.1, 0.15) is 38.2 Å². The number of hydrogen-bond acceptors (Lipinski definition) is 5. The van der Waals surface area contributed by atoms with Gasteiger partial charge >= 0.3 is 0 Å². The molecule has 1 aromatic rings. The molecule has 6 nitrogen and oxygen atoms in total. The van der Waals surface area contributed by atoms with Crippen LogP contribution in [0.15, 0.2) is 12.1 Å². The predicted octanol–water partition coefficient (Wildman–Crippen LogP) is 3.18. The number of amides is 1. The minimum absolute atomic E-state index is 0.182. The number of hydrogen-bond donors (Lipinski definition) is 0. The van der Waals surface area contributed by atoms with Crippen molar-refractivity contribution >= 4 is 5.91 Å². The Hall–Kier alpha value is -1.95. The standard InChI is InChI=1S/C22H34N2O4/c1-16-6-5-9-24(14-16)22(25)18-7-10-23(11-8-18)15-17-12-19(26-2)21(28-4)20(13-17)27-3/h12-13,16,18H,5-11,14-15H2,1-4H3. The smallest absolute Gasteiger partial charge is 0.225 e. The highest BCUT2D eigenvalue weighted by Gasteiger charge is 2.30. The highest BCUT2D eigenvalue weighted by molar-refractivity contribution is 5.79. The molecule has 28 heavy (non-hydrogen) atoms. The van der Waals surface area contributed by atoms with Crippen molar-refractivity contribution in [1.82, 2.24) is 9.80 Å². The summed E-state index contributed by atoms with van der Waals surface area (Å²) in [5, 5.41) is 0. The molecule has 1 atom stereocenters. The van der Waals surface area contributed by atoms with Gasteiger partial charge in [0.1, 0.15) is 0 Å². The number of carbonyl (C=O) groups excluding carboxylic acids is 1. The molecule has 0 spiro atoms. The lowest BCUT2D eigenvalue weighted by Gasteiger charge is -2.37. The van der Waals surface area contributed by atoms with Crippen molar-refractivity contribution in [3.63, 3.8) is 0 Å². The average molecular weight is 391 g/mol. The molecule has 0 N–H and O–H groups in total. The molecule has 0 aliphatic carbocycles. The number of rotatable bonds is 6. The second kappa shape index (κ2) is 9.50. The van der Waals surface area contributed by atoms with E-state index >= 15 is 0 Å². The van der Waals surface area contributed by atoms with Gasteiger partial charge in [-0.05, 0) is 62.4 Å². The lowest BCUT2D eigenvalue weighted by atomic mass is 9.92. The van der Waals surface area contributed by atoms with E-state index in [-0.39, 0.29) is 5.92 Å². The lowest BCUT2D eigenvalue weighted by molar-refractivity contribution is -0.138. The summed E-state index contributed by atoms with van der Waals surface area (Å²) >= 11 is 0. The van der Waals surface area contributed by atoms with Crippen LogP contribution in [0.5, 0.6) is 17.2 Å². The van der Waals surface area contributed by atoms with E-state index < -0.39 is 0 Å². The van der Waals surface area contributed by atoms with Crippen LogP contribution < -0.4 is 14.2 Å². The maximum atomic E-state index is 12.9. The van der Waals surface area contributed by atoms with Gasteiger partial charge in [0.25, 0.3) is 0 Å². The summed E-state index contributed by atoms with van der Waals surface area (Å²) in [6.45, 7) is 6.82. The van der Waals surface area contributed by atoms with Crippen molar-refractivity contribution in [2.75, 3.05) is 47.5 Å². The summed E-state index contributed by atoms with van der Waals surface area (Å²) in [7, 11) is 4.89. The first kappa shape index (κ1) is 20.8. The third kappa shape index (κ3) is 4.72. The van der Waals surface area contributed by atoms with Crippen LogP contribution in [0.3, 0.4) is 0 Å². The van der Waals surface area contributed by atoms with Crippen molar-refractivity contribution in [1.29, 1.82) is 0 Å². The Bertz CT molecular complexity index is 645. The van der Waals surface area contributed by atoms with Crippen LogP contribution in [-0.2, 0) is 11.3 Å². The van der Waals surface area contributed by atoms with Crippen LogP contribution in [-0.4, -0.2) is 63.2 Å². The van der Waals surface area contributed by atoms with E-state index in [2.05, 4.69) is 16.7 Å². The lowest BCUT2D eigenvalue weighted by Crippen LogP contribution is -2.45. The molecule has 2 saturated heterocycles. The largest absolute Gasteiger partial charge is 0.493 e. The van der Waals surface area contributed by atoms with Gasteiger partial charge in [0.2, 0.25) is 11.7 Å². The monoisotopic (exact) mass is 390 g/mol. The van der Waals surface area contributed by atoms with Crippen molar-refractivity contribution in [2.45, 2.75) is 39.2 Å². The van der Waals surface area contributed by atoms with Crippen molar-refractivity contribution < 1.29 is 19.0 Å². The van der Waals surface area contributed by atoms with Gasteiger partial charge in [-0.1, -0.05) is 6.92 Å². The fraction of sp³-hybridized carbons (Fsp3) is 0.682. The summed E-state index contributed by atoms with van der Waals surface area (Å²) in [4.78, 5) is 17.4. The zero-order valence-electron chi connectivity index (χ0n) is 17.7. The molecule has 1 unspecified atom stereocenters. The molecular weight excluding hydrogens is 356 g/mol. The molecular formula is C22H34N2O4. The van der Waals surface area contributed by atoms with Gasteiger partial charge in [0.15, 0.2) is 11.5 Å². The Kier molecular flexibility index (Phi) is 7.05. The van der Waals surface area contributed by atoms with Gasteiger partial charge < -0.3 is 19.1 Å². The quantitative estimate of drug-likeness (QED) is 0.747. The number of likely N-dealkylation sites (tertiary alicyclic amines) is 2. The van der Waals surface area contributed by atoms with Crippen molar-refractivity contribution in [3.05, 3.63) is 17.7 Å². The third-order valence-corrected chi connectivity index (χ3v) is 6.04. The van der Waals surface area contributed by atoms with E-state index in [9.17, 15) is 4.79 Å². The normalized spacial score (nSPS) is 21.4. The number of ether oxygens (including phenoxy) is 3. The molecule has 2 aliphatic heterocycles. The van der Waals surface area contributed by atoms with Gasteiger partial charge in [-0.15, -0.1) is 0 Å². The molecule has 0 saturated carbocycles. The minimum atomic E-state index is 0.182. The van der Waals surface area contributed by atoms with E-state index in [1.165, 1.54) is 6.42 Å². The van der Waals surface area contributed by atoms with Crippen LogP contribution in [0.2, 0.25) is 0 Å². The second-order valence-electron chi connectivity index (χ2n) is 8.12. The Morgan fingerprint density at radius 2 is 1.64 bits per heavy atom. The van der Waals surface area contributed by atoms with Crippen molar-refractivity contribution in [3.8, 4) is 17.2 Å². The summed E-state index contributed by atoms with van der Waals surface area (Å²) in [5.41, 5.74) is 1.13. The molecule has 1 aromatic carbocycles. The number of benzene rings is 1. The summed E-state index contributed by atoms with van der Waals surface area (Å²) in [6.07, 6.45) is 4.27. The van der Waals surface area contributed by atoms with E-state index in [1.54, 1.807) is 21.3 Å². The van der Waals surface area contributed by atoms with Crippen molar-refractivity contribution in [2.24, 2.45) is 11.8 Å². The first-order valence-corrected chi connectivity index (χ1v) is 10.4. The van der Waals surface area contributed by atoms with E-state index in [1.807, 2.05) is 12.1 Å². The number of nitrogens with zero attached hydrogens (tertiary/aromatic N) is 2. The Morgan fingerprint density at radius 1 is 1.00 bits per heavy atom. The topological polar surface area (TPSA) is 51.2 Å². The highest BCUT2D eigenvalue weighted by Crippen LogP contribution is 2.38. The highest BCUT2D eigenvalue weighted by atomic mass is 16.5. The molecule has 0 radical (unpaired) electrons. The van der Waals surface area contributed by atoms with Gasteiger partial charge in [-0.2, -0.15) is 0 Å². The van der Waals surface area contributed by atoms with E-state index in [0.717, 1.165) is 57.5 Å². The summed E-state index contributed by atoms with van der Waals surface area (Å²) in [5.74, 6) is 3.18. The first-order valence-electron chi connectivity index (χ1n) is 10.4. The molecule has 3 rings (SSSR count). The van der Waals surface area contributed by atoms with Crippen LogP contribution >= 0.6 is 0 Å². The molecule has 0 bridgehead atoms. The Balaban J connectivity index is 1.57. The van der Waals surface area contributed by atoms with E-state index in [4.69, 9.17) is 14.2 Å². The predicted molar refractivity (Wildman–Crippen MR) is 109 cm³/mol. The third-order valence-electron chi connectivity index (χ3n) is 6.04. The van der Waals surface area contributed by atoms with Gasteiger partial charge in [-0.25, -0.2) is 0 Å². The zero-order valence-corrected chi connectivity index (χ0v) is 17.7. The van der Waals surface area contributed by atoms with E-state index in [0.29, 0.717) is 29.1 Å². The minimum Gasteiger partial charge on any atom is -0.493 e. The molecule has 156 valence electrons. The van der Waals surface area contributed by atoms with Crippen LogP contribution in [0.4, 0.5) is 0 Å². The first-order chi connectivity index (χ1) is 13.5. The number of carbonyl (C=O) groups is 1. The fourth-order valence-corrected chi connectivity index (χ4v) is 4.47. The van der Waals surface area contributed by atoms with Gasteiger partial charge in [0.05, 0.1) is 21.3 Å². The Labute approximate surface area is 168 Å². The number of piperidine rings is 2. The molecule has 2 aliphatic rings. The molecule has 0 aromatic heterocycles. The van der Waals surface area contributed by atoms with Crippen LogP contribution in [0.25, 0.3) is 0 Å². The summed E-state index contributed by atoms with van der Waals surface area (Å²) < 4.78 is 16.3. The maximum absolute atomic E-state index is 12.9. The molecule has 6 heteroatoms. The molecule has 2 heterocycles. The Morgan fingerprint density at radius 3 is 2.18 bits per heavy atom. The fourth-order valence-electron chi connectivity index (χ4n) is 4.47. The maximum Gasteiger partial charge on any atom is 0.225 e. The number of methoxy groups -OCH3 is 3. The van der Waals surface area contributed by atoms with Crippen LogP contribution in [0, 0.1) is 11.8 Å². The second-order valence-corrected chi connectivity index (χ2v) is 8.12. The summed E-state index contributed by atoms with van der Waals surface area (Å²) in [6, 6.07) is 4.02. The zero-order chi connectivity index (χ0) is 20.1. The average Bonchev–Trinajstić information content (AvgIpc) is 2.73. The SMILES string of the molecule is COc1cc(CN2CCC(C(=O)N3CCCC(C)C3)CC2)cc(OC)c1OC. The van der Waals surface area contributed by atoms with Gasteiger partial charge in [0, 0.05) is 25.6 Å².